The zero-order valence-electron chi connectivity index (χ0n) is 14.5. The SMILES string of the molecule is Cc1ccc(NC(=O)c2cc(C)nc(N(C)c3ccccc3)n2)cc1. The number of aromatic nitrogens is 2. The molecule has 3 aromatic rings. The second-order valence-corrected chi connectivity index (χ2v) is 5.91. The standard InChI is InChI=1S/C20H20N4O/c1-14-9-11-16(12-10-14)22-19(25)18-13-15(2)21-20(23-18)24(3)17-7-5-4-6-8-17/h4-13H,1-3H3,(H,22,25). The van der Waals surface area contributed by atoms with Gasteiger partial charge in [-0.1, -0.05) is 35.9 Å². The summed E-state index contributed by atoms with van der Waals surface area (Å²) < 4.78 is 0. The van der Waals surface area contributed by atoms with Gasteiger partial charge in [-0.05, 0) is 44.2 Å². The van der Waals surface area contributed by atoms with Gasteiger partial charge in [-0.25, -0.2) is 9.97 Å². The van der Waals surface area contributed by atoms with Crippen molar-refractivity contribution >= 4 is 23.2 Å². The zero-order chi connectivity index (χ0) is 17.8. The van der Waals surface area contributed by atoms with Gasteiger partial charge in [0, 0.05) is 24.1 Å². The molecule has 0 spiro atoms. The van der Waals surface area contributed by atoms with Crippen LogP contribution in [0.5, 0.6) is 0 Å². The molecule has 5 nitrogen and oxygen atoms in total. The van der Waals surface area contributed by atoms with Gasteiger partial charge in [-0.15, -0.1) is 0 Å². The summed E-state index contributed by atoms with van der Waals surface area (Å²) in [7, 11) is 1.88. The van der Waals surface area contributed by atoms with Crippen LogP contribution in [-0.4, -0.2) is 22.9 Å². The molecule has 25 heavy (non-hydrogen) atoms. The fraction of sp³-hybridized carbons (Fsp3) is 0.150. The second kappa shape index (κ2) is 7.13. The number of nitrogens with zero attached hydrogens (tertiary/aromatic N) is 3. The number of para-hydroxylation sites is 1. The van der Waals surface area contributed by atoms with Crippen molar-refractivity contribution in [1.82, 2.24) is 9.97 Å². The van der Waals surface area contributed by atoms with Crippen LogP contribution >= 0.6 is 0 Å². The van der Waals surface area contributed by atoms with Gasteiger partial charge in [0.05, 0.1) is 0 Å². The van der Waals surface area contributed by atoms with Crippen LogP contribution in [0.4, 0.5) is 17.3 Å². The number of aryl methyl sites for hydroxylation is 2. The Kier molecular flexibility index (Phi) is 4.75. The Hall–Kier alpha value is -3.21. The van der Waals surface area contributed by atoms with Gasteiger partial charge in [0.2, 0.25) is 5.95 Å². The molecule has 0 fully saturated rings. The van der Waals surface area contributed by atoms with Crippen LogP contribution in [0, 0.1) is 13.8 Å². The minimum absolute atomic E-state index is 0.253. The molecule has 0 aliphatic rings. The first kappa shape index (κ1) is 16.6. The van der Waals surface area contributed by atoms with Crippen molar-refractivity contribution in [2.45, 2.75) is 13.8 Å². The van der Waals surface area contributed by atoms with Gasteiger partial charge in [-0.2, -0.15) is 0 Å². The first-order valence-corrected chi connectivity index (χ1v) is 8.05. The Bertz CT molecular complexity index is 876. The lowest BCUT2D eigenvalue weighted by Gasteiger charge is -2.18. The van der Waals surface area contributed by atoms with Crippen LogP contribution in [0.3, 0.4) is 0 Å². The zero-order valence-corrected chi connectivity index (χ0v) is 14.5. The van der Waals surface area contributed by atoms with Crippen LogP contribution < -0.4 is 10.2 Å². The largest absolute Gasteiger partial charge is 0.321 e. The molecule has 126 valence electrons. The molecular weight excluding hydrogens is 312 g/mol. The number of benzene rings is 2. The molecular formula is C20H20N4O. The molecule has 3 rings (SSSR count). The van der Waals surface area contributed by atoms with E-state index in [2.05, 4.69) is 15.3 Å². The van der Waals surface area contributed by atoms with E-state index in [1.165, 1.54) is 0 Å². The molecule has 5 heteroatoms. The Morgan fingerprint density at radius 1 is 0.960 bits per heavy atom. The molecule has 0 bridgehead atoms. The van der Waals surface area contributed by atoms with Crippen LogP contribution in [0.15, 0.2) is 60.7 Å². The molecule has 2 aromatic carbocycles. The Morgan fingerprint density at radius 3 is 2.32 bits per heavy atom. The summed E-state index contributed by atoms with van der Waals surface area (Å²) in [6, 6.07) is 19.1. The van der Waals surface area contributed by atoms with Crippen molar-refractivity contribution in [3.8, 4) is 0 Å². The highest BCUT2D eigenvalue weighted by Crippen LogP contribution is 2.20. The third-order valence-electron chi connectivity index (χ3n) is 3.83. The topological polar surface area (TPSA) is 58.1 Å². The van der Waals surface area contributed by atoms with Crippen molar-refractivity contribution < 1.29 is 4.79 Å². The predicted molar refractivity (Wildman–Crippen MR) is 100 cm³/mol. The quantitative estimate of drug-likeness (QED) is 0.781. The maximum atomic E-state index is 12.5. The van der Waals surface area contributed by atoms with Gasteiger partial charge < -0.3 is 10.2 Å². The third kappa shape index (κ3) is 4.01. The maximum Gasteiger partial charge on any atom is 0.274 e. The number of carbonyl (C=O) groups excluding carboxylic acids is 1. The van der Waals surface area contributed by atoms with E-state index in [0.29, 0.717) is 11.6 Å². The molecule has 0 unspecified atom stereocenters. The summed E-state index contributed by atoms with van der Waals surface area (Å²) >= 11 is 0. The van der Waals surface area contributed by atoms with Crippen molar-refractivity contribution in [3.63, 3.8) is 0 Å². The van der Waals surface area contributed by atoms with E-state index in [-0.39, 0.29) is 5.91 Å². The number of nitrogens with one attached hydrogen (secondary N) is 1. The molecule has 1 aromatic heterocycles. The van der Waals surface area contributed by atoms with Crippen LogP contribution in [-0.2, 0) is 0 Å². The summed E-state index contributed by atoms with van der Waals surface area (Å²) in [5, 5.41) is 2.87. The summed E-state index contributed by atoms with van der Waals surface area (Å²) in [6.45, 7) is 3.86. The first-order chi connectivity index (χ1) is 12.0. The number of amides is 1. The molecule has 0 saturated carbocycles. The van der Waals surface area contributed by atoms with Crippen molar-refractivity contribution in [1.29, 1.82) is 0 Å². The van der Waals surface area contributed by atoms with Gasteiger partial charge in [0.1, 0.15) is 5.69 Å². The molecule has 1 N–H and O–H groups in total. The highest BCUT2D eigenvalue weighted by molar-refractivity contribution is 6.03. The van der Waals surface area contributed by atoms with Gasteiger partial charge >= 0.3 is 0 Å². The molecule has 0 saturated heterocycles. The summed E-state index contributed by atoms with van der Waals surface area (Å²) in [6.07, 6.45) is 0. The molecule has 0 aliphatic carbocycles. The molecule has 1 amide bonds. The fourth-order valence-corrected chi connectivity index (χ4v) is 2.42. The Balaban J connectivity index is 1.86. The van der Waals surface area contributed by atoms with E-state index in [4.69, 9.17) is 0 Å². The van der Waals surface area contributed by atoms with Crippen molar-refractivity contribution in [3.05, 3.63) is 77.6 Å². The molecule has 0 radical (unpaired) electrons. The maximum absolute atomic E-state index is 12.5. The average molecular weight is 332 g/mol. The van der Waals surface area contributed by atoms with Gasteiger partial charge in [0.25, 0.3) is 5.91 Å². The fourth-order valence-electron chi connectivity index (χ4n) is 2.42. The van der Waals surface area contributed by atoms with Crippen LogP contribution in [0.1, 0.15) is 21.7 Å². The normalized spacial score (nSPS) is 10.4. The van der Waals surface area contributed by atoms with Crippen molar-refractivity contribution in [2.75, 3.05) is 17.3 Å². The molecule has 1 heterocycles. The summed E-state index contributed by atoms with van der Waals surface area (Å²) in [5.41, 5.74) is 3.91. The van der Waals surface area contributed by atoms with Crippen LogP contribution in [0.2, 0.25) is 0 Å². The number of anilines is 3. The Labute approximate surface area is 147 Å². The minimum Gasteiger partial charge on any atom is -0.321 e. The highest BCUT2D eigenvalue weighted by atomic mass is 16.1. The molecule has 0 atom stereocenters. The summed E-state index contributed by atoms with van der Waals surface area (Å²) in [5.74, 6) is 0.234. The van der Waals surface area contributed by atoms with E-state index in [9.17, 15) is 4.79 Å². The van der Waals surface area contributed by atoms with Gasteiger partial charge in [-0.3, -0.25) is 4.79 Å². The lowest BCUT2D eigenvalue weighted by Crippen LogP contribution is -2.19. The van der Waals surface area contributed by atoms with Crippen LogP contribution in [0.25, 0.3) is 0 Å². The number of carbonyl (C=O) groups is 1. The number of hydrogen-bond donors (Lipinski definition) is 1. The second-order valence-electron chi connectivity index (χ2n) is 5.91. The monoisotopic (exact) mass is 332 g/mol. The first-order valence-electron chi connectivity index (χ1n) is 8.05. The van der Waals surface area contributed by atoms with E-state index < -0.39 is 0 Å². The summed E-state index contributed by atoms with van der Waals surface area (Å²) in [4.78, 5) is 23.3. The minimum atomic E-state index is -0.253. The van der Waals surface area contributed by atoms with E-state index in [1.54, 1.807) is 6.07 Å². The predicted octanol–water partition coefficient (Wildman–Crippen LogP) is 4.11. The lowest BCUT2D eigenvalue weighted by atomic mass is 10.2. The number of hydrogen-bond acceptors (Lipinski definition) is 4. The average Bonchev–Trinajstić information content (AvgIpc) is 2.63. The lowest BCUT2D eigenvalue weighted by molar-refractivity contribution is 0.102. The van der Waals surface area contributed by atoms with E-state index in [1.807, 2.05) is 80.4 Å². The Morgan fingerprint density at radius 2 is 1.64 bits per heavy atom. The van der Waals surface area contributed by atoms with E-state index >= 15 is 0 Å². The highest BCUT2D eigenvalue weighted by Gasteiger charge is 2.14. The van der Waals surface area contributed by atoms with Gasteiger partial charge in [0.15, 0.2) is 0 Å². The number of rotatable bonds is 4. The molecule has 0 aliphatic heterocycles. The van der Waals surface area contributed by atoms with Crippen molar-refractivity contribution in [2.24, 2.45) is 0 Å². The van der Waals surface area contributed by atoms with E-state index in [0.717, 1.165) is 22.6 Å². The smallest absolute Gasteiger partial charge is 0.274 e. The third-order valence-corrected chi connectivity index (χ3v) is 3.83.